The van der Waals surface area contributed by atoms with E-state index in [-0.39, 0.29) is 0 Å². The maximum Gasteiger partial charge on any atom is 0.416 e. The number of nitrogens with one attached hydrogen (secondary N) is 2. The number of halogens is 3. The van der Waals surface area contributed by atoms with Crippen LogP contribution in [0.15, 0.2) is 67.1 Å². The Labute approximate surface area is 171 Å². The Morgan fingerprint density at radius 2 is 1.80 bits per heavy atom. The Morgan fingerprint density at radius 3 is 2.43 bits per heavy atom. The number of rotatable bonds is 4. The Bertz CT molecular complexity index is 1070. The van der Waals surface area contributed by atoms with Crippen LogP contribution in [0.3, 0.4) is 0 Å². The number of nitrogens with zero attached hydrogens (tertiary/aromatic N) is 2. The van der Waals surface area contributed by atoms with Crippen LogP contribution in [-0.2, 0) is 6.18 Å². The van der Waals surface area contributed by atoms with Crippen LogP contribution in [-0.4, -0.2) is 16.0 Å². The summed E-state index contributed by atoms with van der Waals surface area (Å²) < 4.78 is 38.8. The zero-order chi connectivity index (χ0) is 21.6. The van der Waals surface area contributed by atoms with Crippen molar-refractivity contribution < 1.29 is 18.0 Å². The second kappa shape index (κ2) is 9.09. The van der Waals surface area contributed by atoms with Gasteiger partial charge < -0.3 is 10.6 Å². The standard InChI is InChI=1S/C22H17F3N4O/c1-2-5-15-6-3-13-27-19(15)20(16-8-10-17(11-9-16)22(23,24)25)29-21(30)28-18-7-4-12-26-14-18/h3-4,6-14,20H,1H3,(H2,28,29,30). The lowest BCUT2D eigenvalue weighted by molar-refractivity contribution is -0.137. The molecule has 0 spiro atoms. The molecular formula is C22H17F3N4O. The highest BCUT2D eigenvalue weighted by Gasteiger charge is 2.30. The van der Waals surface area contributed by atoms with Gasteiger partial charge in [-0.25, -0.2) is 4.79 Å². The van der Waals surface area contributed by atoms with Crippen molar-refractivity contribution in [2.75, 3.05) is 5.32 Å². The van der Waals surface area contributed by atoms with Gasteiger partial charge in [0.05, 0.1) is 29.2 Å². The van der Waals surface area contributed by atoms with E-state index in [9.17, 15) is 18.0 Å². The Hall–Kier alpha value is -3.86. The fourth-order valence-corrected chi connectivity index (χ4v) is 2.80. The molecule has 2 aromatic heterocycles. The molecule has 2 amide bonds. The second-order valence-corrected chi connectivity index (χ2v) is 6.20. The predicted octanol–water partition coefficient (Wildman–Crippen LogP) is 4.78. The van der Waals surface area contributed by atoms with E-state index >= 15 is 0 Å². The maximum absolute atomic E-state index is 12.9. The smallest absolute Gasteiger partial charge is 0.325 e. The zero-order valence-electron chi connectivity index (χ0n) is 15.9. The van der Waals surface area contributed by atoms with Gasteiger partial charge in [-0.15, -0.1) is 5.92 Å². The highest BCUT2D eigenvalue weighted by Crippen LogP contribution is 2.31. The van der Waals surface area contributed by atoms with Crippen LogP contribution >= 0.6 is 0 Å². The first-order chi connectivity index (χ1) is 14.4. The van der Waals surface area contributed by atoms with Crippen molar-refractivity contribution in [1.29, 1.82) is 0 Å². The molecule has 152 valence electrons. The number of carbonyl (C=O) groups is 1. The van der Waals surface area contributed by atoms with Gasteiger partial charge in [0.15, 0.2) is 0 Å². The summed E-state index contributed by atoms with van der Waals surface area (Å²) in [5.74, 6) is 5.69. The number of anilines is 1. The van der Waals surface area contributed by atoms with Gasteiger partial charge in [-0.2, -0.15) is 13.2 Å². The highest BCUT2D eigenvalue weighted by molar-refractivity contribution is 5.89. The number of hydrogen-bond acceptors (Lipinski definition) is 3. The number of alkyl halides is 3. The molecule has 0 saturated carbocycles. The van der Waals surface area contributed by atoms with Gasteiger partial charge in [0.25, 0.3) is 0 Å². The minimum Gasteiger partial charge on any atom is -0.325 e. The van der Waals surface area contributed by atoms with Crippen LogP contribution < -0.4 is 10.6 Å². The number of amides is 2. The van der Waals surface area contributed by atoms with Crippen molar-refractivity contribution in [3.8, 4) is 11.8 Å². The molecule has 1 unspecified atom stereocenters. The van der Waals surface area contributed by atoms with Crippen LogP contribution in [0.2, 0.25) is 0 Å². The summed E-state index contributed by atoms with van der Waals surface area (Å²) in [6, 6.07) is 9.94. The fraction of sp³-hybridized carbons (Fsp3) is 0.136. The van der Waals surface area contributed by atoms with E-state index in [0.29, 0.717) is 22.5 Å². The molecule has 2 N–H and O–H groups in total. The molecule has 0 saturated heterocycles. The summed E-state index contributed by atoms with van der Waals surface area (Å²) >= 11 is 0. The molecule has 0 fully saturated rings. The van der Waals surface area contributed by atoms with Gasteiger partial charge in [0.1, 0.15) is 0 Å². The largest absolute Gasteiger partial charge is 0.416 e. The topological polar surface area (TPSA) is 66.9 Å². The van der Waals surface area contributed by atoms with Gasteiger partial charge in [0, 0.05) is 18.0 Å². The second-order valence-electron chi connectivity index (χ2n) is 6.20. The molecule has 0 aliphatic rings. The first kappa shape index (κ1) is 20.9. The van der Waals surface area contributed by atoms with Crippen LogP contribution in [0, 0.1) is 11.8 Å². The third kappa shape index (κ3) is 5.14. The number of hydrogen-bond donors (Lipinski definition) is 2. The summed E-state index contributed by atoms with van der Waals surface area (Å²) in [5.41, 5.74) is 1.11. The minimum atomic E-state index is -4.46. The molecule has 3 aromatic rings. The highest BCUT2D eigenvalue weighted by atomic mass is 19.4. The van der Waals surface area contributed by atoms with Gasteiger partial charge in [-0.1, -0.05) is 18.1 Å². The Morgan fingerprint density at radius 1 is 1.07 bits per heavy atom. The molecule has 30 heavy (non-hydrogen) atoms. The lowest BCUT2D eigenvalue weighted by atomic mass is 9.98. The molecule has 0 aliphatic heterocycles. The molecule has 3 rings (SSSR count). The molecule has 1 atom stereocenters. The van der Waals surface area contributed by atoms with Gasteiger partial charge in [-0.3, -0.25) is 9.97 Å². The number of urea groups is 1. The first-order valence-electron chi connectivity index (χ1n) is 8.91. The normalized spacial score (nSPS) is 11.7. The summed E-state index contributed by atoms with van der Waals surface area (Å²) in [5, 5.41) is 5.41. The number of carbonyl (C=O) groups excluding carboxylic acids is 1. The van der Waals surface area contributed by atoms with Crippen molar-refractivity contribution in [3.05, 3.63) is 89.5 Å². The lowest BCUT2D eigenvalue weighted by Crippen LogP contribution is -2.34. The fourth-order valence-electron chi connectivity index (χ4n) is 2.80. The first-order valence-corrected chi connectivity index (χ1v) is 8.91. The molecule has 8 heteroatoms. The molecular weight excluding hydrogens is 393 g/mol. The molecule has 2 heterocycles. The van der Waals surface area contributed by atoms with Crippen LogP contribution in [0.4, 0.5) is 23.7 Å². The van der Waals surface area contributed by atoms with Crippen molar-refractivity contribution in [3.63, 3.8) is 0 Å². The van der Waals surface area contributed by atoms with Crippen molar-refractivity contribution >= 4 is 11.7 Å². The summed E-state index contributed by atoms with van der Waals surface area (Å²) in [6.45, 7) is 1.66. The third-order valence-electron chi connectivity index (χ3n) is 4.14. The zero-order valence-corrected chi connectivity index (χ0v) is 15.9. The van der Waals surface area contributed by atoms with Crippen LogP contribution in [0.5, 0.6) is 0 Å². The molecule has 1 aromatic carbocycles. The molecule has 0 bridgehead atoms. The van der Waals surface area contributed by atoms with E-state index < -0.39 is 23.8 Å². The Balaban J connectivity index is 1.96. The summed E-state index contributed by atoms with van der Waals surface area (Å²) in [6.07, 6.45) is 0.121. The van der Waals surface area contributed by atoms with E-state index in [0.717, 1.165) is 12.1 Å². The maximum atomic E-state index is 12.9. The molecule has 5 nitrogen and oxygen atoms in total. The predicted molar refractivity (Wildman–Crippen MR) is 106 cm³/mol. The Kier molecular flexibility index (Phi) is 6.32. The van der Waals surface area contributed by atoms with Crippen molar-refractivity contribution in [2.45, 2.75) is 19.1 Å². The van der Waals surface area contributed by atoms with Crippen LogP contribution in [0.25, 0.3) is 0 Å². The van der Waals surface area contributed by atoms with Crippen LogP contribution in [0.1, 0.15) is 35.3 Å². The van der Waals surface area contributed by atoms with E-state index in [1.54, 1.807) is 37.4 Å². The average Bonchev–Trinajstić information content (AvgIpc) is 2.73. The number of pyridine rings is 2. The average molecular weight is 410 g/mol. The lowest BCUT2D eigenvalue weighted by Gasteiger charge is -2.21. The number of benzene rings is 1. The SMILES string of the molecule is CC#Cc1cccnc1C(NC(=O)Nc1cccnc1)c1ccc(C(F)(F)F)cc1. The van der Waals surface area contributed by atoms with Crippen molar-refractivity contribution in [2.24, 2.45) is 0 Å². The van der Waals surface area contributed by atoms with Gasteiger partial charge in [-0.05, 0) is 48.9 Å². The van der Waals surface area contributed by atoms with E-state index in [1.807, 2.05) is 0 Å². The third-order valence-corrected chi connectivity index (χ3v) is 4.14. The molecule has 0 aliphatic carbocycles. The van der Waals surface area contributed by atoms with E-state index in [4.69, 9.17) is 0 Å². The minimum absolute atomic E-state index is 0.424. The van der Waals surface area contributed by atoms with E-state index in [2.05, 4.69) is 32.4 Å². The monoisotopic (exact) mass is 410 g/mol. The van der Waals surface area contributed by atoms with Gasteiger partial charge >= 0.3 is 12.2 Å². The van der Waals surface area contributed by atoms with Gasteiger partial charge in [0.2, 0.25) is 0 Å². The van der Waals surface area contributed by atoms with Crippen molar-refractivity contribution in [1.82, 2.24) is 15.3 Å². The van der Waals surface area contributed by atoms with E-state index in [1.165, 1.54) is 24.5 Å². The summed E-state index contributed by atoms with van der Waals surface area (Å²) in [4.78, 5) is 20.8. The number of aromatic nitrogens is 2. The molecule has 0 radical (unpaired) electrons. The quantitative estimate of drug-likeness (QED) is 0.609. The summed E-state index contributed by atoms with van der Waals surface area (Å²) in [7, 11) is 0.